The van der Waals surface area contributed by atoms with Crippen molar-refractivity contribution >= 4 is 11.7 Å². The molecule has 0 unspecified atom stereocenters. The fraction of sp³-hybridized carbons (Fsp3) is 0.571. The summed E-state index contributed by atoms with van der Waals surface area (Å²) in [5, 5.41) is 2.99. The molecule has 2 rings (SSSR count). The molecule has 0 saturated heterocycles. The van der Waals surface area contributed by atoms with Crippen LogP contribution in [-0.2, 0) is 6.42 Å². The van der Waals surface area contributed by atoms with Gasteiger partial charge in [-0.25, -0.2) is 10.8 Å². The summed E-state index contributed by atoms with van der Waals surface area (Å²) in [6.07, 6.45) is 4.22. The van der Waals surface area contributed by atoms with Gasteiger partial charge in [-0.3, -0.25) is 4.79 Å². The maximum absolute atomic E-state index is 12.1. The van der Waals surface area contributed by atoms with E-state index in [1.165, 1.54) is 12.8 Å². The molecule has 1 heterocycles. The number of rotatable bonds is 6. The van der Waals surface area contributed by atoms with Crippen molar-refractivity contribution in [2.24, 2.45) is 11.3 Å². The Morgan fingerprint density at radius 3 is 2.79 bits per heavy atom. The van der Waals surface area contributed by atoms with Gasteiger partial charge in [0.15, 0.2) is 0 Å². The predicted octanol–water partition coefficient (Wildman–Crippen LogP) is 1.85. The highest BCUT2D eigenvalue weighted by atomic mass is 16.1. The molecule has 0 bridgehead atoms. The summed E-state index contributed by atoms with van der Waals surface area (Å²) in [4.78, 5) is 16.5. The Labute approximate surface area is 114 Å². The van der Waals surface area contributed by atoms with Gasteiger partial charge < -0.3 is 10.7 Å². The lowest BCUT2D eigenvalue weighted by Gasteiger charge is -2.11. The van der Waals surface area contributed by atoms with Crippen molar-refractivity contribution in [3.05, 3.63) is 23.4 Å². The fourth-order valence-electron chi connectivity index (χ4n) is 1.96. The number of pyridine rings is 1. The summed E-state index contributed by atoms with van der Waals surface area (Å²) in [5.74, 6) is 5.88. The second-order valence-corrected chi connectivity index (χ2v) is 5.62. The molecule has 1 saturated carbocycles. The van der Waals surface area contributed by atoms with Gasteiger partial charge in [-0.2, -0.15) is 0 Å². The number of anilines is 1. The molecule has 5 heteroatoms. The molecule has 1 amide bonds. The number of aromatic nitrogens is 1. The minimum atomic E-state index is -0.0515. The number of hydrogen-bond donors (Lipinski definition) is 3. The van der Waals surface area contributed by atoms with Gasteiger partial charge in [-0.1, -0.05) is 20.3 Å². The lowest BCUT2D eigenvalue weighted by molar-refractivity contribution is 0.0946. The minimum Gasteiger partial charge on any atom is -0.351 e. The van der Waals surface area contributed by atoms with Crippen LogP contribution in [0.4, 0.5) is 5.82 Å². The van der Waals surface area contributed by atoms with Crippen molar-refractivity contribution in [2.45, 2.75) is 39.5 Å². The van der Waals surface area contributed by atoms with E-state index in [1.54, 1.807) is 6.07 Å². The average Bonchev–Trinajstić information content (AvgIpc) is 3.14. The highest BCUT2D eigenvalue weighted by molar-refractivity contribution is 5.95. The number of aryl methyl sites for hydroxylation is 1. The summed E-state index contributed by atoms with van der Waals surface area (Å²) in [5.41, 5.74) is 4.33. The van der Waals surface area contributed by atoms with E-state index in [1.807, 2.05) is 6.07 Å². The lowest BCUT2D eigenvalue weighted by atomic mass is 10.1. The van der Waals surface area contributed by atoms with Crippen LogP contribution in [0.25, 0.3) is 0 Å². The number of hydrazine groups is 1. The molecular formula is C14H22N4O. The fourth-order valence-corrected chi connectivity index (χ4v) is 1.96. The Balaban J connectivity index is 2.08. The van der Waals surface area contributed by atoms with Gasteiger partial charge in [-0.15, -0.1) is 0 Å². The molecule has 5 nitrogen and oxygen atoms in total. The highest BCUT2D eigenvalue weighted by Gasteiger charge is 2.37. The molecule has 19 heavy (non-hydrogen) atoms. The number of amides is 1. The van der Waals surface area contributed by atoms with E-state index >= 15 is 0 Å². The molecule has 0 aromatic carbocycles. The van der Waals surface area contributed by atoms with Gasteiger partial charge in [-0.05, 0) is 36.8 Å². The second kappa shape index (κ2) is 5.57. The zero-order chi connectivity index (χ0) is 13.9. The predicted molar refractivity (Wildman–Crippen MR) is 75.7 cm³/mol. The first-order valence-corrected chi connectivity index (χ1v) is 6.82. The van der Waals surface area contributed by atoms with E-state index in [-0.39, 0.29) is 5.91 Å². The number of carbonyl (C=O) groups excluding carboxylic acids is 1. The summed E-state index contributed by atoms with van der Waals surface area (Å²) in [6, 6.07) is 3.53. The molecule has 0 radical (unpaired) electrons. The molecular weight excluding hydrogens is 240 g/mol. The van der Waals surface area contributed by atoms with Gasteiger partial charge >= 0.3 is 0 Å². The Kier molecular flexibility index (Phi) is 4.04. The molecule has 4 N–H and O–H groups in total. The number of nitrogens with one attached hydrogen (secondary N) is 2. The maximum atomic E-state index is 12.1. The van der Waals surface area contributed by atoms with E-state index in [0.29, 0.717) is 16.8 Å². The third-order valence-corrected chi connectivity index (χ3v) is 3.57. The van der Waals surface area contributed by atoms with Gasteiger partial charge in [0.05, 0.1) is 0 Å². The molecule has 1 aliphatic carbocycles. The van der Waals surface area contributed by atoms with Gasteiger partial charge in [0, 0.05) is 17.8 Å². The molecule has 104 valence electrons. The molecule has 1 aliphatic rings. The maximum Gasteiger partial charge on any atom is 0.251 e. The standard InChI is InChI=1S/C14H22N4O/c1-3-4-11-7-10(8-12(17-11)18-15)13(19)16-9-14(2)5-6-14/h7-8H,3-6,9,15H2,1-2H3,(H,16,19)(H,17,18). The monoisotopic (exact) mass is 262 g/mol. The SMILES string of the molecule is CCCc1cc(C(=O)NCC2(C)CC2)cc(NN)n1. The first-order valence-electron chi connectivity index (χ1n) is 6.82. The number of carbonyl (C=O) groups is 1. The van der Waals surface area contributed by atoms with E-state index in [0.717, 1.165) is 25.1 Å². The van der Waals surface area contributed by atoms with Crippen LogP contribution in [0, 0.1) is 5.41 Å². The summed E-state index contributed by atoms with van der Waals surface area (Å²) >= 11 is 0. The van der Waals surface area contributed by atoms with Crippen LogP contribution in [0.5, 0.6) is 0 Å². The van der Waals surface area contributed by atoms with Crippen LogP contribution in [-0.4, -0.2) is 17.4 Å². The topological polar surface area (TPSA) is 80.0 Å². The number of nitrogen functional groups attached to an aromatic ring is 1. The van der Waals surface area contributed by atoms with Crippen LogP contribution in [0.2, 0.25) is 0 Å². The van der Waals surface area contributed by atoms with Crippen molar-refractivity contribution in [1.82, 2.24) is 10.3 Å². The summed E-state index contributed by atoms with van der Waals surface area (Å²) in [6.45, 7) is 5.01. The molecule has 1 aromatic rings. The highest BCUT2D eigenvalue weighted by Crippen LogP contribution is 2.44. The van der Waals surface area contributed by atoms with Crippen LogP contribution < -0.4 is 16.6 Å². The Bertz CT molecular complexity index is 469. The van der Waals surface area contributed by atoms with Gasteiger partial charge in [0.25, 0.3) is 5.91 Å². The third-order valence-electron chi connectivity index (χ3n) is 3.57. The van der Waals surface area contributed by atoms with Gasteiger partial charge in [0.2, 0.25) is 0 Å². The van der Waals surface area contributed by atoms with Crippen LogP contribution >= 0.6 is 0 Å². The van der Waals surface area contributed by atoms with Crippen LogP contribution in [0.1, 0.15) is 49.2 Å². The minimum absolute atomic E-state index is 0.0515. The Hall–Kier alpha value is -1.62. The number of nitrogens with two attached hydrogens (primary N) is 1. The quantitative estimate of drug-likeness (QED) is 0.540. The third kappa shape index (κ3) is 3.67. The average molecular weight is 262 g/mol. The number of hydrogen-bond acceptors (Lipinski definition) is 4. The van der Waals surface area contributed by atoms with E-state index in [2.05, 4.69) is 29.6 Å². The lowest BCUT2D eigenvalue weighted by Crippen LogP contribution is -2.29. The summed E-state index contributed by atoms with van der Waals surface area (Å²) < 4.78 is 0. The zero-order valence-electron chi connectivity index (χ0n) is 11.6. The molecule has 0 atom stereocenters. The van der Waals surface area contributed by atoms with Crippen molar-refractivity contribution in [2.75, 3.05) is 12.0 Å². The van der Waals surface area contributed by atoms with Crippen molar-refractivity contribution in [3.8, 4) is 0 Å². The molecule has 1 aromatic heterocycles. The molecule has 0 spiro atoms. The van der Waals surface area contributed by atoms with Crippen LogP contribution in [0.3, 0.4) is 0 Å². The van der Waals surface area contributed by atoms with E-state index in [9.17, 15) is 4.79 Å². The normalized spacial score (nSPS) is 15.9. The largest absolute Gasteiger partial charge is 0.351 e. The van der Waals surface area contributed by atoms with Crippen molar-refractivity contribution < 1.29 is 4.79 Å². The second-order valence-electron chi connectivity index (χ2n) is 5.62. The number of nitrogens with zero attached hydrogens (tertiary/aromatic N) is 1. The smallest absolute Gasteiger partial charge is 0.251 e. The van der Waals surface area contributed by atoms with Crippen molar-refractivity contribution in [3.63, 3.8) is 0 Å². The molecule has 0 aliphatic heterocycles. The first kappa shape index (κ1) is 13.8. The zero-order valence-corrected chi connectivity index (χ0v) is 11.6. The van der Waals surface area contributed by atoms with Crippen molar-refractivity contribution in [1.29, 1.82) is 0 Å². The van der Waals surface area contributed by atoms with E-state index < -0.39 is 0 Å². The van der Waals surface area contributed by atoms with E-state index in [4.69, 9.17) is 5.84 Å². The first-order chi connectivity index (χ1) is 9.06. The van der Waals surface area contributed by atoms with Gasteiger partial charge in [0.1, 0.15) is 5.82 Å². The Morgan fingerprint density at radius 1 is 1.47 bits per heavy atom. The molecule has 1 fully saturated rings. The van der Waals surface area contributed by atoms with Crippen LogP contribution in [0.15, 0.2) is 12.1 Å². The summed E-state index contributed by atoms with van der Waals surface area (Å²) in [7, 11) is 0. The Morgan fingerprint density at radius 2 is 2.21 bits per heavy atom.